The van der Waals surface area contributed by atoms with Gasteiger partial charge in [0, 0.05) is 13.7 Å². The Morgan fingerprint density at radius 2 is 2.29 bits per heavy atom. The molecule has 0 aliphatic rings. The summed E-state index contributed by atoms with van der Waals surface area (Å²) in [5.74, 6) is 0.946. The Kier molecular flexibility index (Phi) is 6.06. The molecule has 1 rings (SSSR count). The molecule has 0 amide bonds. The van der Waals surface area contributed by atoms with E-state index in [1.54, 1.807) is 13.4 Å². The Bertz CT molecular complexity index is 211. The van der Waals surface area contributed by atoms with Crippen LogP contribution in [-0.2, 0) is 16.0 Å². The van der Waals surface area contributed by atoms with Crippen LogP contribution in [0.3, 0.4) is 0 Å². The van der Waals surface area contributed by atoms with Gasteiger partial charge in [-0.2, -0.15) is 0 Å². The lowest BCUT2D eigenvalue weighted by Gasteiger charge is -2.04. The number of furan rings is 1. The van der Waals surface area contributed by atoms with Gasteiger partial charge in [-0.3, -0.25) is 0 Å². The van der Waals surface area contributed by atoms with Gasteiger partial charge in [-0.15, -0.1) is 0 Å². The Morgan fingerprint density at radius 3 is 3.00 bits per heavy atom. The molecule has 1 aromatic heterocycles. The predicted octanol–water partition coefficient (Wildman–Crippen LogP) is 1.03. The van der Waals surface area contributed by atoms with Gasteiger partial charge >= 0.3 is 0 Å². The van der Waals surface area contributed by atoms with Crippen molar-refractivity contribution in [3.05, 3.63) is 24.2 Å². The third kappa shape index (κ3) is 5.01. The summed E-state index contributed by atoms with van der Waals surface area (Å²) in [6.07, 6.45) is 1.67. The highest BCUT2D eigenvalue weighted by Gasteiger charge is 1.93. The van der Waals surface area contributed by atoms with Gasteiger partial charge in [0.2, 0.25) is 0 Å². The number of nitrogens with one attached hydrogen (secondary N) is 1. The van der Waals surface area contributed by atoms with Gasteiger partial charge in [0.25, 0.3) is 0 Å². The largest absolute Gasteiger partial charge is 0.468 e. The standard InChI is InChI=1S/C10H17NO3/c1-12-7-8-13-6-4-11-9-10-3-2-5-14-10/h2-3,5,11H,4,6-9H2,1H3. The number of methoxy groups -OCH3 is 1. The van der Waals surface area contributed by atoms with Gasteiger partial charge in [-0.1, -0.05) is 0 Å². The smallest absolute Gasteiger partial charge is 0.117 e. The first-order valence-corrected chi connectivity index (χ1v) is 4.73. The average Bonchev–Trinajstić information content (AvgIpc) is 2.69. The minimum Gasteiger partial charge on any atom is -0.468 e. The summed E-state index contributed by atoms with van der Waals surface area (Å²) >= 11 is 0. The van der Waals surface area contributed by atoms with Crippen molar-refractivity contribution in [2.45, 2.75) is 6.54 Å². The van der Waals surface area contributed by atoms with Crippen molar-refractivity contribution in [1.29, 1.82) is 0 Å². The van der Waals surface area contributed by atoms with Gasteiger partial charge in [0.15, 0.2) is 0 Å². The van der Waals surface area contributed by atoms with Gasteiger partial charge < -0.3 is 19.2 Å². The molecule has 4 nitrogen and oxygen atoms in total. The highest BCUT2D eigenvalue weighted by Crippen LogP contribution is 1.97. The fourth-order valence-electron chi connectivity index (χ4n) is 1.01. The van der Waals surface area contributed by atoms with Crippen molar-refractivity contribution < 1.29 is 13.9 Å². The Labute approximate surface area is 84.2 Å². The predicted molar refractivity (Wildman–Crippen MR) is 53.1 cm³/mol. The van der Waals surface area contributed by atoms with E-state index in [0.717, 1.165) is 18.8 Å². The van der Waals surface area contributed by atoms with Gasteiger partial charge in [-0.25, -0.2) is 0 Å². The lowest BCUT2D eigenvalue weighted by molar-refractivity contribution is 0.0717. The van der Waals surface area contributed by atoms with Gasteiger partial charge in [0.1, 0.15) is 5.76 Å². The van der Waals surface area contributed by atoms with E-state index < -0.39 is 0 Å². The first-order chi connectivity index (χ1) is 6.93. The molecular weight excluding hydrogens is 182 g/mol. The second kappa shape index (κ2) is 7.55. The number of rotatable bonds is 8. The van der Waals surface area contributed by atoms with Crippen molar-refractivity contribution in [3.63, 3.8) is 0 Å². The molecule has 1 heterocycles. The lowest BCUT2D eigenvalue weighted by atomic mass is 10.4. The number of ether oxygens (including phenoxy) is 2. The van der Waals surface area contributed by atoms with Crippen LogP contribution in [0.1, 0.15) is 5.76 Å². The summed E-state index contributed by atoms with van der Waals surface area (Å²) in [6.45, 7) is 3.58. The van der Waals surface area contributed by atoms with Gasteiger partial charge in [-0.05, 0) is 12.1 Å². The van der Waals surface area contributed by atoms with Crippen LogP contribution in [-0.4, -0.2) is 33.5 Å². The van der Waals surface area contributed by atoms with Crippen molar-refractivity contribution in [1.82, 2.24) is 5.32 Å². The normalized spacial score (nSPS) is 10.6. The summed E-state index contributed by atoms with van der Waals surface area (Å²) in [5.41, 5.74) is 0. The minimum atomic E-state index is 0.651. The number of hydrogen-bond donors (Lipinski definition) is 1. The second-order valence-electron chi connectivity index (χ2n) is 2.86. The highest BCUT2D eigenvalue weighted by atomic mass is 16.5. The minimum absolute atomic E-state index is 0.651. The molecule has 0 saturated carbocycles. The van der Waals surface area contributed by atoms with E-state index in [1.165, 1.54) is 0 Å². The van der Waals surface area contributed by atoms with E-state index >= 15 is 0 Å². The van der Waals surface area contributed by atoms with Crippen LogP contribution in [0.5, 0.6) is 0 Å². The summed E-state index contributed by atoms with van der Waals surface area (Å²) in [7, 11) is 1.67. The van der Waals surface area contributed by atoms with E-state index in [9.17, 15) is 0 Å². The topological polar surface area (TPSA) is 43.6 Å². The molecule has 0 fully saturated rings. The molecule has 0 unspecified atom stereocenters. The number of hydrogen-bond acceptors (Lipinski definition) is 4. The monoisotopic (exact) mass is 199 g/mol. The Balaban J connectivity index is 1.85. The molecule has 0 radical (unpaired) electrons. The zero-order valence-electron chi connectivity index (χ0n) is 8.49. The molecule has 4 heteroatoms. The first kappa shape index (κ1) is 11.2. The molecule has 1 N–H and O–H groups in total. The molecule has 0 bridgehead atoms. The van der Waals surface area contributed by atoms with Crippen LogP contribution in [0.4, 0.5) is 0 Å². The maximum Gasteiger partial charge on any atom is 0.117 e. The molecular formula is C10H17NO3. The molecule has 0 saturated heterocycles. The summed E-state index contributed by atoms with van der Waals surface area (Å²) in [6, 6.07) is 3.82. The summed E-state index contributed by atoms with van der Waals surface area (Å²) in [5, 5.41) is 3.21. The van der Waals surface area contributed by atoms with Crippen LogP contribution >= 0.6 is 0 Å². The van der Waals surface area contributed by atoms with Crippen LogP contribution in [0.2, 0.25) is 0 Å². The van der Waals surface area contributed by atoms with Gasteiger partial charge in [0.05, 0.1) is 32.6 Å². The Hall–Kier alpha value is -0.840. The van der Waals surface area contributed by atoms with Crippen molar-refractivity contribution in [2.75, 3.05) is 33.5 Å². The van der Waals surface area contributed by atoms with E-state index in [0.29, 0.717) is 19.8 Å². The van der Waals surface area contributed by atoms with Crippen molar-refractivity contribution >= 4 is 0 Å². The summed E-state index contributed by atoms with van der Waals surface area (Å²) in [4.78, 5) is 0. The second-order valence-corrected chi connectivity index (χ2v) is 2.86. The van der Waals surface area contributed by atoms with Crippen molar-refractivity contribution in [2.24, 2.45) is 0 Å². The molecule has 0 aromatic carbocycles. The molecule has 0 atom stereocenters. The van der Waals surface area contributed by atoms with Crippen LogP contribution in [0.25, 0.3) is 0 Å². The van der Waals surface area contributed by atoms with E-state index in [4.69, 9.17) is 13.9 Å². The van der Waals surface area contributed by atoms with Crippen LogP contribution in [0, 0.1) is 0 Å². The molecule has 1 aromatic rings. The maximum atomic E-state index is 5.28. The SMILES string of the molecule is COCCOCCNCc1ccco1. The molecule has 0 aliphatic heterocycles. The first-order valence-electron chi connectivity index (χ1n) is 4.73. The maximum absolute atomic E-state index is 5.28. The lowest BCUT2D eigenvalue weighted by Crippen LogP contribution is -2.19. The fourth-order valence-corrected chi connectivity index (χ4v) is 1.01. The van der Waals surface area contributed by atoms with Crippen LogP contribution in [0.15, 0.2) is 22.8 Å². The van der Waals surface area contributed by atoms with E-state index in [2.05, 4.69) is 5.32 Å². The quantitative estimate of drug-likeness (QED) is 0.635. The zero-order valence-corrected chi connectivity index (χ0v) is 8.49. The fraction of sp³-hybridized carbons (Fsp3) is 0.600. The molecule has 80 valence electrons. The molecule has 0 spiro atoms. The van der Waals surface area contributed by atoms with Crippen molar-refractivity contribution in [3.8, 4) is 0 Å². The zero-order chi connectivity index (χ0) is 10.1. The van der Waals surface area contributed by atoms with E-state index in [1.807, 2.05) is 12.1 Å². The molecule has 0 aliphatic carbocycles. The van der Waals surface area contributed by atoms with E-state index in [-0.39, 0.29) is 0 Å². The third-order valence-electron chi connectivity index (χ3n) is 1.73. The highest BCUT2D eigenvalue weighted by molar-refractivity contribution is 4.97. The average molecular weight is 199 g/mol. The molecule has 14 heavy (non-hydrogen) atoms. The third-order valence-corrected chi connectivity index (χ3v) is 1.73. The summed E-state index contributed by atoms with van der Waals surface area (Å²) < 4.78 is 15.3. The van der Waals surface area contributed by atoms with Crippen LogP contribution < -0.4 is 5.32 Å². The Morgan fingerprint density at radius 1 is 1.36 bits per heavy atom.